The molecule has 2 heterocycles. The van der Waals surface area contributed by atoms with Crippen molar-refractivity contribution in [3.05, 3.63) is 71.2 Å². The van der Waals surface area contributed by atoms with E-state index in [1.807, 2.05) is 42.5 Å². The molecule has 138 valence electrons. The van der Waals surface area contributed by atoms with Gasteiger partial charge >= 0.3 is 0 Å². The molecule has 0 saturated carbocycles. The number of morpholine rings is 1. The van der Waals surface area contributed by atoms with E-state index < -0.39 is 0 Å². The molecule has 0 spiro atoms. The van der Waals surface area contributed by atoms with Crippen molar-refractivity contribution in [2.45, 2.75) is 0 Å². The zero-order valence-corrected chi connectivity index (χ0v) is 16.1. The molecular weight excluding hydrogens is 383 g/mol. The fraction of sp³-hybridized carbons (Fsp3) is 0.190. The molecule has 1 aliphatic rings. The Balaban J connectivity index is 1.49. The number of hydrogen-bond donors (Lipinski definition) is 0. The zero-order chi connectivity index (χ0) is 18.6. The van der Waals surface area contributed by atoms with Crippen LogP contribution < -0.4 is 4.90 Å². The van der Waals surface area contributed by atoms with Gasteiger partial charge in [0.15, 0.2) is 5.76 Å². The molecule has 3 aromatic rings. The molecule has 4 nitrogen and oxygen atoms in total. The summed E-state index contributed by atoms with van der Waals surface area (Å²) in [6.45, 7) is 3.38. The van der Waals surface area contributed by atoms with E-state index >= 15 is 0 Å². The highest BCUT2D eigenvalue weighted by molar-refractivity contribution is 6.50. The zero-order valence-electron chi connectivity index (χ0n) is 14.6. The summed E-state index contributed by atoms with van der Waals surface area (Å²) >= 11 is 12.3. The summed E-state index contributed by atoms with van der Waals surface area (Å²) < 4.78 is 11.2. The molecule has 2 aromatic carbocycles. The molecule has 0 atom stereocenters. The summed E-state index contributed by atoms with van der Waals surface area (Å²) in [4.78, 5) is 6.59. The number of rotatable bonds is 4. The monoisotopic (exact) mass is 400 g/mol. The molecule has 0 radical (unpaired) electrons. The van der Waals surface area contributed by atoms with Crippen molar-refractivity contribution in [2.24, 2.45) is 0 Å². The number of nitrogens with zero attached hydrogens (tertiary/aromatic N) is 2. The van der Waals surface area contributed by atoms with Gasteiger partial charge in [-0.25, -0.2) is 4.98 Å². The smallest absolute Gasteiger partial charge is 0.238 e. The average molecular weight is 401 g/mol. The number of oxazole rings is 1. The first-order valence-corrected chi connectivity index (χ1v) is 9.47. The Hall–Kier alpha value is -2.27. The summed E-state index contributed by atoms with van der Waals surface area (Å²) in [7, 11) is 0. The van der Waals surface area contributed by atoms with E-state index in [9.17, 15) is 0 Å². The van der Waals surface area contributed by atoms with Gasteiger partial charge in [0.2, 0.25) is 5.89 Å². The maximum absolute atomic E-state index is 6.41. The second kappa shape index (κ2) is 8.17. The minimum atomic E-state index is 0.388. The molecule has 4 rings (SSSR count). The van der Waals surface area contributed by atoms with E-state index in [-0.39, 0.29) is 0 Å². The molecule has 1 aromatic heterocycles. The molecule has 0 amide bonds. The minimum absolute atomic E-state index is 0.388. The predicted octanol–water partition coefficient (Wildman–Crippen LogP) is 5.57. The van der Waals surface area contributed by atoms with Gasteiger partial charge in [-0.05, 0) is 48.0 Å². The Kier molecular flexibility index (Phi) is 5.48. The fourth-order valence-electron chi connectivity index (χ4n) is 2.94. The maximum Gasteiger partial charge on any atom is 0.238 e. The van der Waals surface area contributed by atoms with Crippen LogP contribution in [-0.4, -0.2) is 31.3 Å². The number of anilines is 1. The van der Waals surface area contributed by atoms with Crippen molar-refractivity contribution < 1.29 is 9.15 Å². The Morgan fingerprint density at radius 2 is 1.70 bits per heavy atom. The first kappa shape index (κ1) is 18.1. The van der Waals surface area contributed by atoms with Crippen LogP contribution in [0.1, 0.15) is 11.5 Å². The summed E-state index contributed by atoms with van der Waals surface area (Å²) in [6, 6.07) is 15.7. The fourth-order valence-corrected chi connectivity index (χ4v) is 3.28. The highest BCUT2D eigenvalue weighted by atomic mass is 35.5. The SMILES string of the molecule is Cl/C(=C\c1ccc(N2CCOCC2)cc1)c1ncc(-c2ccc(Cl)cc2)o1. The van der Waals surface area contributed by atoms with Crippen molar-refractivity contribution in [3.63, 3.8) is 0 Å². The highest BCUT2D eigenvalue weighted by Crippen LogP contribution is 2.28. The van der Waals surface area contributed by atoms with Crippen LogP contribution >= 0.6 is 23.2 Å². The lowest BCUT2D eigenvalue weighted by Crippen LogP contribution is -2.36. The normalized spacial score (nSPS) is 15.2. The Morgan fingerprint density at radius 1 is 1.00 bits per heavy atom. The van der Waals surface area contributed by atoms with Crippen molar-refractivity contribution >= 4 is 40.0 Å². The maximum atomic E-state index is 6.41. The summed E-state index contributed by atoms with van der Waals surface area (Å²) in [5.41, 5.74) is 3.08. The minimum Gasteiger partial charge on any atom is -0.435 e. The second-order valence-electron chi connectivity index (χ2n) is 6.22. The van der Waals surface area contributed by atoms with Crippen molar-refractivity contribution in [2.75, 3.05) is 31.2 Å². The Labute approximate surface area is 168 Å². The van der Waals surface area contributed by atoms with Crippen LogP contribution in [0.2, 0.25) is 5.02 Å². The lowest BCUT2D eigenvalue weighted by molar-refractivity contribution is 0.122. The third kappa shape index (κ3) is 4.35. The van der Waals surface area contributed by atoms with Gasteiger partial charge in [0.25, 0.3) is 0 Å². The molecule has 0 bridgehead atoms. The van der Waals surface area contributed by atoms with Crippen LogP contribution in [0.5, 0.6) is 0 Å². The molecule has 0 aliphatic carbocycles. The predicted molar refractivity (Wildman–Crippen MR) is 110 cm³/mol. The van der Waals surface area contributed by atoms with Crippen molar-refractivity contribution in [3.8, 4) is 11.3 Å². The first-order valence-electron chi connectivity index (χ1n) is 8.71. The van der Waals surface area contributed by atoms with Crippen LogP contribution in [-0.2, 0) is 4.74 Å². The molecular formula is C21H18Cl2N2O2. The van der Waals surface area contributed by atoms with Gasteiger partial charge in [-0.15, -0.1) is 0 Å². The van der Waals surface area contributed by atoms with E-state index in [2.05, 4.69) is 22.0 Å². The number of ether oxygens (including phenoxy) is 1. The quantitative estimate of drug-likeness (QED) is 0.573. The standard InChI is InChI=1S/C21H18Cl2N2O2/c22-17-5-3-16(4-6-17)20-14-24-21(27-20)19(23)13-15-1-7-18(8-2-15)25-9-11-26-12-10-25/h1-8,13-14H,9-12H2/b19-13-. The Bertz CT molecular complexity index is 928. The molecule has 0 unspecified atom stereocenters. The van der Waals surface area contributed by atoms with Crippen molar-refractivity contribution in [1.29, 1.82) is 0 Å². The molecule has 27 heavy (non-hydrogen) atoms. The van der Waals surface area contributed by atoms with E-state index in [4.69, 9.17) is 32.4 Å². The van der Waals surface area contributed by atoms with Gasteiger partial charge in [-0.2, -0.15) is 0 Å². The van der Waals surface area contributed by atoms with Gasteiger partial charge in [0, 0.05) is 29.4 Å². The van der Waals surface area contributed by atoms with Crippen LogP contribution in [0.3, 0.4) is 0 Å². The average Bonchev–Trinajstić information content (AvgIpc) is 3.20. The van der Waals surface area contributed by atoms with E-state index in [1.165, 1.54) is 5.69 Å². The summed E-state index contributed by atoms with van der Waals surface area (Å²) in [5.74, 6) is 1.04. The van der Waals surface area contributed by atoms with Crippen LogP contribution in [0, 0.1) is 0 Å². The largest absolute Gasteiger partial charge is 0.435 e. The third-order valence-electron chi connectivity index (χ3n) is 4.40. The molecule has 1 fully saturated rings. The molecule has 0 N–H and O–H groups in total. The second-order valence-corrected chi connectivity index (χ2v) is 7.06. The van der Waals surface area contributed by atoms with Gasteiger partial charge in [0.05, 0.1) is 19.4 Å². The van der Waals surface area contributed by atoms with Crippen LogP contribution in [0.25, 0.3) is 22.4 Å². The lowest BCUT2D eigenvalue weighted by Gasteiger charge is -2.28. The Morgan fingerprint density at radius 3 is 2.41 bits per heavy atom. The molecule has 1 aliphatic heterocycles. The molecule has 6 heteroatoms. The third-order valence-corrected chi connectivity index (χ3v) is 4.92. The van der Waals surface area contributed by atoms with Crippen LogP contribution in [0.15, 0.2) is 59.1 Å². The number of halogens is 2. The topological polar surface area (TPSA) is 38.5 Å². The highest BCUT2D eigenvalue weighted by Gasteiger charge is 2.12. The number of benzene rings is 2. The molecule has 1 saturated heterocycles. The lowest BCUT2D eigenvalue weighted by atomic mass is 10.1. The summed E-state index contributed by atoms with van der Waals surface area (Å²) in [6.07, 6.45) is 3.51. The van der Waals surface area contributed by atoms with E-state index in [1.54, 1.807) is 6.20 Å². The van der Waals surface area contributed by atoms with Gasteiger partial charge in [-0.1, -0.05) is 35.3 Å². The van der Waals surface area contributed by atoms with Crippen LogP contribution in [0.4, 0.5) is 5.69 Å². The van der Waals surface area contributed by atoms with E-state index in [0.717, 1.165) is 37.4 Å². The summed E-state index contributed by atoms with van der Waals surface area (Å²) in [5, 5.41) is 1.13. The van der Waals surface area contributed by atoms with Gasteiger partial charge in [0.1, 0.15) is 5.03 Å². The van der Waals surface area contributed by atoms with Crippen molar-refractivity contribution in [1.82, 2.24) is 4.98 Å². The number of aromatic nitrogens is 1. The van der Waals surface area contributed by atoms with Gasteiger partial charge < -0.3 is 14.1 Å². The van der Waals surface area contributed by atoms with E-state index in [0.29, 0.717) is 21.7 Å². The van der Waals surface area contributed by atoms with Gasteiger partial charge in [-0.3, -0.25) is 0 Å². The first-order chi connectivity index (χ1) is 13.2. The number of hydrogen-bond acceptors (Lipinski definition) is 4.